The van der Waals surface area contributed by atoms with Crippen LogP contribution in [0.4, 0.5) is 5.69 Å². The number of anilines is 1. The van der Waals surface area contributed by atoms with E-state index in [9.17, 15) is 4.79 Å². The Kier molecular flexibility index (Phi) is 4.47. The first-order valence-corrected chi connectivity index (χ1v) is 6.44. The molecular weight excluding hydrogens is 256 g/mol. The normalized spacial score (nSPS) is 10.8. The molecule has 2 rings (SSSR count). The van der Waals surface area contributed by atoms with E-state index in [1.807, 2.05) is 25.3 Å². The molecule has 6 nitrogen and oxygen atoms in total. The van der Waals surface area contributed by atoms with Crippen LogP contribution in [0.5, 0.6) is 0 Å². The number of carbonyl (C=O) groups is 1. The molecule has 106 valence electrons. The van der Waals surface area contributed by atoms with E-state index in [0.717, 1.165) is 5.82 Å². The van der Waals surface area contributed by atoms with E-state index in [2.05, 4.69) is 15.3 Å². The van der Waals surface area contributed by atoms with Crippen molar-refractivity contribution in [2.45, 2.75) is 26.9 Å². The van der Waals surface area contributed by atoms with Crippen LogP contribution in [0.25, 0.3) is 5.82 Å². The molecule has 0 saturated carbocycles. The summed E-state index contributed by atoms with van der Waals surface area (Å²) in [6.07, 6.45) is 5.19. The van der Waals surface area contributed by atoms with Gasteiger partial charge in [-0.15, -0.1) is 0 Å². The lowest BCUT2D eigenvalue weighted by Crippen LogP contribution is -2.21. The Morgan fingerprint density at radius 2 is 2.20 bits per heavy atom. The Morgan fingerprint density at radius 3 is 2.85 bits per heavy atom. The van der Waals surface area contributed by atoms with E-state index in [-0.39, 0.29) is 18.6 Å². The molecule has 0 radical (unpaired) electrons. The van der Waals surface area contributed by atoms with Crippen molar-refractivity contribution in [3.63, 3.8) is 0 Å². The van der Waals surface area contributed by atoms with Crippen molar-refractivity contribution in [1.29, 1.82) is 0 Å². The van der Waals surface area contributed by atoms with Gasteiger partial charge in [0.25, 0.3) is 0 Å². The van der Waals surface area contributed by atoms with Gasteiger partial charge in [0.15, 0.2) is 5.82 Å². The summed E-state index contributed by atoms with van der Waals surface area (Å²) in [6.45, 7) is 5.67. The molecule has 0 spiro atoms. The minimum absolute atomic E-state index is 0.0185. The SMILES string of the molecule is Cc1nccn1-c1ncccc1NC(=O)COC(C)C. The first kappa shape index (κ1) is 14.2. The third-order valence-corrected chi connectivity index (χ3v) is 2.66. The van der Waals surface area contributed by atoms with E-state index in [1.165, 1.54) is 0 Å². The maximum absolute atomic E-state index is 11.8. The van der Waals surface area contributed by atoms with Gasteiger partial charge < -0.3 is 10.1 Å². The van der Waals surface area contributed by atoms with Crippen molar-refractivity contribution >= 4 is 11.6 Å². The molecule has 0 atom stereocenters. The first-order chi connectivity index (χ1) is 9.58. The van der Waals surface area contributed by atoms with E-state index in [4.69, 9.17) is 4.74 Å². The Morgan fingerprint density at radius 1 is 1.40 bits per heavy atom. The minimum Gasteiger partial charge on any atom is -0.369 e. The zero-order chi connectivity index (χ0) is 14.5. The number of amides is 1. The first-order valence-electron chi connectivity index (χ1n) is 6.44. The Balaban J connectivity index is 2.17. The van der Waals surface area contributed by atoms with Gasteiger partial charge in [0.1, 0.15) is 12.4 Å². The van der Waals surface area contributed by atoms with Crippen molar-refractivity contribution in [3.8, 4) is 5.82 Å². The van der Waals surface area contributed by atoms with Crippen LogP contribution in [-0.4, -0.2) is 33.2 Å². The molecule has 0 aliphatic heterocycles. The zero-order valence-corrected chi connectivity index (χ0v) is 11.8. The number of ether oxygens (including phenoxy) is 1. The molecule has 0 bridgehead atoms. The van der Waals surface area contributed by atoms with Gasteiger partial charge in [0, 0.05) is 18.6 Å². The Bertz CT molecular complexity index is 592. The van der Waals surface area contributed by atoms with E-state index >= 15 is 0 Å². The lowest BCUT2D eigenvalue weighted by Gasteiger charge is -2.12. The lowest BCUT2D eigenvalue weighted by atomic mass is 10.3. The van der Waals surface area contributed by atoms with E-state index in [0.29, 0.717) is 11.5 Å². The third kappa shape index (κ3) is 3.42. The van der Waals surface area contributed by atoms with E-state index in [1.54, 1.807) is 30.7 Å². The number of carbonyl (C=O) groups excluding carboxylic acids is 1. The molecule has 2 aromatic heterocycles. The average molecular weight is 274 g/mol. The molecule has 0 saturated heterocycles. The summed E-state index contributed by atoms with van der Waals surface area (Å²) >= 11 is 0. The third-order valence-electron chi connectivity index (χ3n) is 2.66. The van der Waals surface area contributed by atoms with Gasteiger partial charge in [-0.05, 0) is 32.9 Å². The van der Waals surface area contributed by atoms with Crippen molar-refractivity contribution < 1.29 is 9.53 Å². The number of nitrogens with one attached hydrogen (secondary N) is 1. The summed E-state index contributed by atoms with van der Waals surface area (Å²) in [4.78, 5) is 20.3. The highest BCUT2D eigenvalue weighted by molar-refractivity contribution is 5.93. The number of pyridine rings is 1. The van der Waals surface area contributed by atoms with Crippen molar-refractivity contribution in [2.75, 3.05) is 11.9 Å². The van der Waals surface area contributed by atoms with Gasteiger partial charge in [-0.3, -0.25) is 9.36 Å². The maximum Gasteiger partial charge on any atom is 0.250 e. The highest BCUT2D eigenvalue weighted by Crippen LogP contribution is 2.18. The van der Waals surface area contributed by atoms with E-state index < -0.39 is 0 Å². The van der Waals surface area contributed by atoms with Gasteiger partial charge in [0.2, 0.25) is 5.91 Å². The fraction of sp³-hybridized carbons (Fsp3) is 0.357. The summed E-state index contributed by atoms with van der Waals surface area (Å²) in [5, 5.41) is 2.81. The quantitative estimate of drug-likeness (QED) is 0.904. The maximum atomic E-state index is 11.8. The molecule has 0 unspecified atom stereocenters. The van der Waals surface area contributed by atoms with Crippen LogP contribution >= 0.6 is 0 Å². The molecular formula is C14H18N4O2. The van der Waals surface area contributed by atoms with Gasteiger partial charge in [-0.1, -0.05) is 0 Å². The van der Waals surface area contributed by atoms with Crippen LogP contribution in [0.3, 0.4) is 0 Å². The topological polar surface area (TPSA) is 69.0 Å². The van der Waals surface area contributed by atoms with Crippen LogP contribution < -0.4 is 5.32 Å². The second kappa shape index (κ2) is 6.29. The predicted molar refractivity (Wildman–Crippen MR) is 75.8 cm³/mol. The average Bonchev–Trinajstić information content (AvgIpc) is 2.83. The molecule has 0 aromatic carbocycles. The summed E-state index contributed by atoms with van der Waals surface area (Å²) in [6, 6.07) is 3.57. The number of aryl methyl sites for hydroxylation is 1. The number of aromatic nitrogens is 3. The molecule has 20 heavy (non-hydrogen) atoms. The summed E-state index contributed by atoms with van der Waals surface area (Å²) in [5.41, 5.74) is 0.631. The monoisotopic (exact) mass is 274 g/mol. The number of rotatable bonds is 5. The van der Waals surface area contributed by atoms with Crippen molar-refractivity contribution in [3.05, 3.63) is 36.5 Å². The highest BCUT2D eigenvalue weighted by Gasteiger charge is 2.11. The zero-order valence-electron chi connectivity index (χ0n) is 11.8. The van der Waals surface area contributed by atoms with Crippen molar-refractivity contribution in [1.82, 2.24) is 14.5 Å². The van der Waals surface area contributed by atoms with Crippen LogP contribution in [0, 0.1) is 6.92 Å². The summed E-state index contributed by atoms with van der Waals surface area (Å²) in [5.74, 6) is 1.24. The van der Waals surface area contributed by atoms with Gasteiger partial charge in [-0.25, -0.2) is 9.97 Å². The van der Waals surface area contributed by atoms with Gasteiger partial charge >= 0.3 is 0 Å². The lowest BCUT2D eigenvalue weighted by molar-refractivity contribution is -0.121. The number of hydrogen-bond donors (Lipinski definition) is 1. The highest BCUT2D eigenvalue weighted by atomic mass is 16.5. The van der Waals surface area contributed by atoms with Crippen LogP contribution in [0.1, 0.15) is 19.7 Å². The largest absolute Gasteiger partial charge is 0.369 e. The molecule has 1 N–H and O–H groups in total. The molecule has 6 heteroatoms. The number of nitrogens with zero attached hydrogens (tertiary/aromatic N) is 3. The van der Waals surface area contributed by atoms with Crippen molar-refractivity contribution in [2.24, 2.45) is 0 Å². The molecule has 2 aromatic rings. The van der Waals surface area contributed by atoms with Crippen LogP contribution in [0.2, 0.25) is 0 Å². The Hall–Kier alpha value is -2.21. The fourth-order valence-corrected chi connectivity index (χ4v) is 1.72. The molecule has 1 amide bonds. The summed E-state index contributed by atoms with van der Waals surface area (Å²) in [7, 11) is 0. The van der Waals surface area contributed by atoms with Gasteiger partial charge in [0.05, 0.1) is 11.8 Å². The van der Waals surface area contributed by atoms with Crippen LogP contribution in [-0.2, 0) is 9.53 Å². The second-order valence-electron chi connectivity index (χ2n) is 4.63. The number of hydrogen-bond acceptors (Lipinski definition) is 4. The molecule has 0 aliphatic rings. The molecule has 2 heterocycles. The minimum atomic E-state index is -0.203. The Labute approximate surface area is 117 Å². The standard InChI is InChI=1S/C14H18N4O2/c1-10(2)20-9-13(19)17-12-5-4-6-16-14(12)18-8-7-15-11(18)3/h4-8,10H,9H2,1-3H3,(H,17,19). The van der Waals surface area contributed by atoms with Gasteiger partial charge in [-0.2, -0.15) is 0 Å². The number of imidazole rings is 1. The second-order valence-corrected chi connectivity index (χ2v) is 4.63. The fourth-order valence-electron chi connectivity index (χ4n) is 1.72. The molecule has 0 aliphatic carbocycles. The molecule has 0 fully saturated rings. The summed E-state index contributed by atoms with van der Waals surface area (Å²) < 4.78 is 7.10. The predicted octanol–water partition coefficient (Wildman–Crippen LogP) is 1.94. The van der Waals surface area contributed by atoms with Crippen LogP contribution in [0.15, 0.2) is 30.7 Å². The smallest absolute Gasteiger partial charge is 0.250 e.